The summed E-state index contributed by atoms with van der Waals surface area (Å²) >= 11 is 0. The second-order valence-corrected chi connectivity index (χ2v) is 7.53. The lowest BCUT2D eigenvalue weighted by molar-refractivity contribution is -0.227. The number of benzene rings is 2. The SMILES string of the molecule is COc1ccc2c(c1)C[C@@H]1Cc3ccccc3C[C@H](C2)C12OCCO2. The summed E-state index contributed by atoms with van der Waals surface area (Å²) in [5.41, 5.74) is 5.74. The van der Waals surface area contributed by atoms with Crippen molar-refractivity contribution in [3.8, 4) is 5.75 Å². The highest BCUT2D eigenvalue weighted by molar-refractivity contribution is 5.40. The molecule has 0 saturated carbocycles. The molecule has 2 aromatic rings. The van der Waals surface area contributed by atoms with E-state index in [1.807, 2.05) is 0 Å². The van der Waals surface area contributed by atoms with Crippen molar-refractivity contribution in [2.24, 2.45) is 11.8 Å². The molecule has 3 heteroatoms. The summed E-state index contributed by atoms with van der Waals surface area (Å²) in [4.78, 5) is 0. The zero-order valence-electron chi connectivity index (χ0n) is 14.7. The summed E-state index contributed by atoms with van der Waals surface area (Å²) in [7, 11) is 1.74. The quantitative estimate of drug-likeness (QED) is 0.797. The van der Waals surface area contributed by atoms with Gasteiger partial charge >= 0.3 is 0 Å². The van der Waals surface area contributed by atoms with Crippen molar-refractivity contribution in [1.29, 1.82) is 0 Å². The van der Waals surface area contributed by atoms with Crippen LogP contribution in [0.15, 0.2) is 42.5 Å². The van der Waals surface area contributed by atoms with Gasteiger partial charge in [0.05, 0.1) is 20.3 Å². The van der Waals surface area contributed by atoms with Gasteiger partial charge in [0.15, 0.2) is 5.79 Å². The Morgan fingerprint density at radius 2 is 1.36 bits per heavy atom. The fraction of sp³-hybridized carbons (Fsp3) is 0.455. The number of hydrogen-bond acceptors (Lipinski definition) is 3. The lowest BCUT2D eigenvalue weighted by atomic mass is 9.83. The van der Waals surface area contributed by atoms with Crippen LogP contribution in [0.3, 0.4) is 0 Å². The molecule has 1 heterocycles. The lowest BCUT2D eigenvalue weighted by Gasteiger charge is -2.38. The molecule has 2 atom stereocenters. The Morgan fingerprint density at radius 3 is 1.96 bits per heavy atom. The molecular formula is C22H24O3. The van der Waals surface area contributed by atoms with Gasteiger partial charge in [0.1, 0.15) is 5.75 Å². The summed E-state index contributed by atoms with van der Waals surface area (Å²) in [5, 5.41) is 0. The summed E-state index contributed by atoms with van der Waals surface area (Å²) < 4.78 is 18.2. The molecule has 0 radical (unpaired) electrons. The van der Waals surface area contributed by atoms with E-state index in [1.165, 1.54) is 22.3 Å². The summed E-state index contributed by atoms with van der Waals surface area (Å²) in [6.07, 6.45) is 4.03. The van der Waals surface area contributed by atoms with Crippen LogP contribution in [0, 0.1) is 11.8 Å². The second-order valence-electron chi connectivity index (χ2n) is 7.53. The predicted octanol–water partition coefficient (Wildman–Crippen LogP) is 3.57. The smallest absolute Gasteiger partial charge is 0.175 e. The molecule has 0 unspecified atom stereocenters. The van der Waals surface area contributed by atoms with Crippen LogP contribution >= 0.6 is 0 Å². The first-order chi connectivity index (χ1) is 12.3. The molecule has 2 aromatic carbocycles. The summed E-state index contributed by atoms with van der Waals surface area (Å²) in [5.74, 6) is 1.21. The molecule has 5 rings (SSSR count). The van der Waals surface area contributed by atoms with Crippen LogP contribution in [0.2, 0.25) is 0 Å². The second kappa shape index (κ2) is 5.86. The Kier molecular flexibility index (Phi) is 3.61. The van der Waals surface area contributed by atoms with E-state index in [-0.39, 0.29) is 0 Å². The van der Waals surface area contributed by atoms with E-state index in [0.29, 0.717) is 25.0 Å². The predicted molar refractivity (Wildman–Crippen MR) is 95.9 cm³/mol. The third kappa shape index (κ3) is 2.41. The molecule has 130 valence electrons. The summed E-state index contributed by atoms with van der Waals surface area (Å²) in [6, 6.07) is 15.4. The van der Waals surface area contributed by atoms with Crippen LogP contribution in [-0.4, -0.2) is 26.1 Å². The highest BCUT2D eigenvalue weighted by Gasteiger charge is 2.53. The maximum Gasteiger partial charge on any atom is 0.175 e. The van der Waals surface area contributed by atoms with Crippen molar-refractivity contribution < 1.29 is 14.2 Å². The Hall–Kier alpha value is -1.84. The number of fused-ring (bicyclic) bond motifs is 2. The van der Waals surface area contributed by atoms with Crippen molar-refractivity contribution in [3.05, 3.63) is 64.7 Å². The highest BCUT2D eigenvalue weighted by atomic mass is 16.7. The third-order valence-corrected chi connectivity index (χ3v) is 6.27. The van der Waals surface area contributed by atoms with Crippen LogP contribution in [-0.2, 0) is 35.2 Å². The van der Waals surface area contributed by atoms with E-state index in [2.05, 4.69) is 42.5 Å². The molecule has 2 aliphatic carbocycles. The standard InChI is InChI=1S/C22H24O3/c1-23-21-7-6-17-12-19-10-15-4-2-3-5-16(15)11-20(13-18(17)14-21)22(19)24-8-9-25-22/h2-7,14,19-20H,8-13H2,1H3/t19-,20+/m1/s1. The molecule has 0 aromatic heterocycles. The lowest BCUT2D eigenvalue weighted by Crippen LogP contribution is -2.47. The fourth-order valence-corrected chi connectivity index (χ4v) is 5.10. The Morgan fingerprint density at radius 1 is 0.800 bits per heavy atom. The van der Waals surface area contributed by atoms with Gasteiger partial charge in [-0.15, -0.1) is 0 Å². The maximum atomic E-state index is 6.37. The number of hydrogen-bond donors (Lipinski definition) is 0. The van der Waals surface area contributed by atoms with Gasteiger partial charge < -0.3 is 14.2 Å². The molecule has 0 amide bonds. The molecular weight excluding hydrogens is 312 g/mol. The monoisotopic (exact) mass is 336 g/mol. The van der Waals surface area contributed by atoms with E-state index in [1.54, 1.807) is 7.11 Å². The number of ether oxygens (including phenoxy) is 3. The molecule has 1 spiro atoms. The zero-order chi connectivity index (χ0) is 16.9. The van der Waals surface area contributed by atoms with E-state index < -0.39 is 5.79 Å². The average molecular weight is 336 g/mol. The van der Waals surface area contributed by atoms with Crippen molar-refractivity contribution in [1.82, 2.24) is 0 Å². The minimum atomic E-state index is -0.439. The van der Waals surface area contributed by atoms with Gasteiger partial charge in [-0.3, -0.25) is 0 Å². The van der Waals surface area contributed by atoms with E-state index in [9.17, 15) is 0 Å². The first-order valence-electron chi connectivity index (χ1n) is 9.29. The van der Waals surface area contributed by atoms with Crippen molar-refractivity contribution >= 4 is 0 Å². The Labute approximate surface area is 148 Å². The molecule has 2 bridgehead atoms. The first-order valence-corrected chi connectivity index (χ1v) is 9.29. The van der Waals surface area contributed by atoms with Crippen LogP contribution in [0.4, 0.5) is 0 Å². The average Bonchev–Trinajstić information content (AvgIpc) is 3.05. The van der Waals surface area contributed by atoms with Crippen LogP contribution in [0.1, 0.15) is 22.3 Å². The van der Waals surface area contributed by atoms with Gasteiger partial charge in [-0.2, -0.15) is 0 Å². The number of methoxy groups -OCH3 is 1. The molecule has 3 aliphatic rings. The van der Waals surface area contributed by atoms with Gasteiger partial charge in [0, 0.05) is 11.8 Å². The Bertz CT molecular complexity index is 792. The third-order valence-electron chi connectivity index (χ3n) is 6.27. The van der Waals surface area contributed by atoms with Crippen LogP contribution in [0.5, 0.6) is 5.75 Å². The van der Waals surface area contributed by atoms with Gasteiger partial charge in [0.25, 0.3) is 0 Å². The molecule has 1 fully saturated rings. The highest BCUT2D eigenvalue weighted by Crippen LogP contribution is 2.47. The van der Waals surface area contributed by atoms with Crippen molar-refractivity contribution in [2.75, 3.05) is 20.3 Å². The van der Waals surface area contributed by atoms with Gasteiger partial charge in [-0.05, 0) is 60.1 Å². The first kappa shape index (κ1) is 15.4. The van der Waals surface area contributed by atoms with E-state index in [4.69, 9.17) is 14.2 Å². The van der Waals surface area contributed by atoms with Crippen LogP contribution < -0.4 is 4.74 Å². The van der Waals surface area contributed by atoms with E-state index >= 15 is 0 Å². The van der Waals surface area contributed by atoms with Crippen LogP contribution in [0.25, 0.3) is 0 Å². The Balaban J connectivity index is 1.63. The minimum absolute atomic E-state index is 0.344. The van der Waals surface area contributed by atoms with Gasteiger partial charge in [-0.25, -0.2) is 0 Å². The topological polar surface area (TPSA) is 27.7 Å². The molecule has 25 heavy (non-hydrogen) atoms. The summed E-state index contributed by atoms with van der Waals surface area (Å²) in [6.45, 7) is 1.42. The molecule has 3 nitrogen and oxygen atoms in total. The molecule has 0 N–H and O–H groups in total. The van der Waals surface area contributed by atoms with Gasteiger partial charge in [0.2, 0.25) is 0 Å². The zero-order valence-corrected chi connectivity index (χ0v) is 14.7. The van der Waals surface area contributed by atoms with Crippen molar-refractivity contribution in [2.45, 2.75) is 31.5 Å². The maximum absolute atomic E-state index is 6.37. The van der Waals surface area contributed by atoms with Gasteiger partial charge in [-0.1, -0.05) is 30.3 Å². The largest absolute Gasteiger partial charge is 0.497 e. The normalized spacial score (nSPS) is 26.4. The fourth-order valence-electron chi connectivity index (χ4n) is 5.10. The number of rotatable bonds is 1. The van der Waals surface area contributed by atoms with E-state index in [0.717, 1.165) is 31.4 Å². The molecule has 1 aliphatic heterocycles. The minimum Gasteiger partial charge on any atom is -0.497 e. The van der Waals surface area contributed by atoms with Crippen molar-refractivity contribution in [3.63, 3.8) is 0 Å². The molecule has 1 saturated heterocycles.